The van der Waals surface area contributed by atoms with Crippen molar-refractivity contribution in [3.05, 3.63) is 70.4 Å². The van der Waals surface area contributed by atoms with Crippen molar-refractivity contribution in [2.24, 2.45) is 11.8 Å². The molecular formula is C41H47FN8O8. The van der Waals surface area contributed by atoms with Gasteiger partial charge in [0.25, 0.3) is 0 Å². The summed E-state index contributed by atoms with van der Waals surface area (Å²) in [6.07, 6.45) is 4.53. The lowest BCUT2D eigenvalue weighted by atomic mass is 10.0. The molecule has 4 atom stereocenters. The predicted molar refractivity (Wildman–Crippen MR) is 211 cm³/mol. The Bertz CT molecular complexity index is 2440. The molecule has 0 bridgehead atoms. The molecule has 306 valence electrons. The third kappa shape index (κ3) is 7.59. The van der Waals surface area contributed by atoms with Crippen molar-refractivity contribution in [3.8, 4) is 22.5 Å². The molecule has 4 N–H and O–H groups in total. The van der Waals surface area contributed by atoms with E-state index in [4.69, 9.17) is 13.9 Å². The number of nitrogens with one attached hydrogen (secondary N) is 4. The molecule has 5 aromatic rings. The van der Waals surface area contributed by atoms with Crippen LogP contribution in [0.3, 0.4) is 0 Å². The Morgan fingerprint density at radius 1 is 0.776 bits per heavy atom. The number of hydrogen-bond donors (Lipinski definition) is 4. The molecule has 4 amide bonds. The molecule has 7 rings (SSSR count). The van der Waals surface area contributed by atoms with Crippen molar-refractivity contribution in [2.75, 3.05) is 27.3 Å². The molecule has 0 saturated carbocycles. The molecule has 2 aliphatic rings. The van der Waals surface area contributed by atoms with E-state index in [0.717, 1.165) is 18.9 Å². The molecule has 2 saturated heterocycles. The number of hydrogen-bond acceptors (Lipinski definition) is 10. The number of nitrogens with zero attached hydrogens (tertiary/aromatic N) is 4. The minimum Gasteiger partial charge on any atom is -0.456 e. The van der Waals surface area contributed by atoms with Crippen LogP contribution in [0.2, 0.25) is 0 Å². The van der Waals surface area contributed by atoms with Crippen LogP contribution in [0.4, 0.5) is 14.0 Å². The Labute approximate surface area is 332 Å². The zero-order valence-corrected chi connectivity index (χ0v) is 33.2. The highest BCUT2D eigenvalue weighted by Gasteiger charge is 2.39. The minimum absolute atomic E-state index is 0.0571. The highest BCUT2D eigenvalue weighted by atomic mass is 19.1. The van der Waals surface area contributed by atoms with E-state index in [2.05, 4.69) is 30.6 Å². The number of methoxy groups -OCH3 is 2. The summed E-state index contributed by atoms with van der Waals surface area (Å²) >= 11 is 0. The van der Waals surface area contributed by atoms with Crippen LogP contribution in [-0.2, 0) is 19.1 Å². The Morgan fingerprint density at radius 3 is 1.83 bits per heavy atom. The Kier molecular flexibility index (Phi) is 11.2. The zero-order chi connectivity index (χ0) is 41.4. The van der Waals surface area contributed by atoms with Gasteiger partial charge in [-0.1, -0.05) is 27.7 Å². The monoisotopic (exact) mass is 798 g/mol. The van der Waals surface area contributed by atoms with E-state index < -0.39 is 41.6 Å². The van der Waals surface area contributed by atoms with Crippen molar-refractivity contribution < 1.29 is 37.5 Å². The number of amides is 4. The number of likely N-dealkylation sites (tertiary alicyclic amines) is 2. The molecule has 2 aromatic carbocycles. The molecule has 0 unspecified atom stereocenters. The van der Waals surface area contributed by atoms with Gasteiger partial charge in [-0.15, -0.1) is 0 Å². The largest absolute Gasteiger partial charge is 0.456 e. The number of benzene rings is 2. The van der Waals surface area contributed by atoms with Crippen LogP contribution in [0.25, 0.3) is 44.5 Å². The van der Waals surface area contributed by atoms with Gasteiger partial charge in [0.1, 0.15) is 40.7 Å². The van der Waals surface area contributed by atoms with Crippen molar-refractivity contribution >= 4 is 45.9 Å². The fourth-order valence-electron chi connectivity index (χ4n) is 7.93. The van der Waals surface area contributed by atoms with Crippen LogP contribution >= 0.6 is 0 Å². The van der Waals surface area contributed by atoms with Crippen LogP contribution in [0.1, 0.15) is 77.1 Å². The average Bonchev–Trinajstić information content (AvgIpc) is 4.05. The third-order valence-corrected chi connectivity index (χ3v) is 11.0. The van der Waals surface area contributed by atoms with E-state index >= 15 is 4.39 Å². The molecule has 2 aliphatic heterocycles. The van der Waals surface area contributed by atoms with E-state index in [-0.39, 0.29) is 51.6 Å². The van der Waals surface area contributed by atoms with Gasteiger partial charge in [-0.05, 0) is 67.9 Å². The SMILES string of the molecule is COC(=O)N[C@H](C(=O)N1CCC[C@H]1c1ncc(-c2ccc3oc4cc(-c5cnc([C@@H]6CCCN6C(=O)[C@@H](NC(=O)OC)C(C)C)[nH]5)c(F)cc4c(=O)c3c2)[nH]1)C(C)C. The van der Waals surface area contributed by atoms with Gasteiger partial charge in [0, 0.05) is 24.2 Å². The first-order valence-electron chi connectivity index (χ1n) is 19.4. The Balaban J connectivity index is 1.13. The molecule has 0 radical (unpaired) electrons. The number of carbonyl (C=O) groups is 4. The molecule has 58 heavy (non-hydrogen) atoms. The van der Waals surface area contributed by atoms with Crippen molar-refractivity contribution in [2.45, 2.75) is 77.5 Å². The van der Waals surface area contributed by atoms with Crippen molar-refractivity contribution in [1.82, 2.24) is 40.4 Å². The van der Waals surface area contributed by atoms with Gasteiger partial charge in [-0.25, -0.2) is 23.9 Å². The molecular weight excluding hydrogens is 751 g/mol. The lowest BCUT2D eigenvalue weighted by molar-refractivity contribution is -0.136. The number of alkyl carbamates (subject to hydrolysis) is 2. The van der Waals surface area contributed by atoms with Crippen LogP contribution in [-0.4, -0.2) is 93.1 Å². The number of halogens is 1. The molecule has 5 heterocycles. The molecule has 0 aliphatic carbocycles. The summed E-state index contributed by atoms with van der Waals surface area (Å²) in [6.45, 7) is 8.35. The first kappa shape index (κ1) is 40.0. The average molecular weight is 799 g/mol. The second-order valence-electron chi connectivity index (χ2n) is 15.4. The Morgan fingerprint density at radius 2 is 1.29 bits per heavy atom. The van der Waals surface area contributed by atoms with Crippen LogP contribution < -0.4 is 16.1 Å². The van der Waals surface area contributed by atoms with Gasteiger partial charge < -0.3 is 44.3 Å². The van der Waals surface area contributed by atoms with Crippen LogP contribution in [0.15, 0.2) is 51.9 Å². The van der Waals surface area contributed by atoms with Gasteiger partial charge in [0.05, 0.1) is 60.9 Å². The van der Waals surface area contributed by atoms with Crippen LogP contribution in [0.5, 0.6) is 0 Å². The zero-order valence-electron chi connectivity index (χ0n) is 33.2. The minimum atomic E-state index is -0.798. The first-order chi connectivity index (χ1) is 27.8. The number of aromatic amines is 2. The standard InChI is InChI=1S/C41H47FN8O8/c1-20(2)33(47-40(54)56-5)38(52)49-13-7-9-29(49)36-43-18-27(45-36)22-11-12-31-24(15-22)35(51)25-16-26(42)23(17-32(25)58-31)28-19-44-37(46-28)30-10-8-14-50(30)39(53)34(21(3)4)48-41(55)57-6/h11-12,15-21,29-30,33-34H,7-10,13-14H2,1-6H3,(H,43,45)(H,44,46)(H,47,54)(H,48,55)/t29-,30-,33-,34-/m0/s1. The molecule has 2 fully saturated rings. The highest BCUT2D eigenvalue weighted by molar-refractivity contribution is 5.93. The fourth-order valence-corrected chi connectivity index (χ4v) is 7.93. The maximum absolute atomic E-state index is 15.9. The number of carbonyl (C=O) groups excluding carboxylic acids is 4. The first-order valence-corrected chi connectivity index (χ1v) is 19.4. The highest BCUT2D eigenvalue weighted by Crippen LogP contribution is 2.36. The fraction of sp³-hybridized carbons (Fsp3) is 0.439. The number of fused-ring (bicyclic) bond motifs is 2. The molecule has 17 heteroatoms. The Hall–Kier alpha value is -6.26. The molecule has 3 aromatic heterocycles. The molecule has 16 nitrogen and oxygen atoms in total. The van der Waals surface area contributed by atoms with E-state index in [1.165, 1.54) is 26.5 Å². The predicted octanol–water partition coefficient (Wildman–Crippen LogP) is 5.95. The quantitative estimate of drug-likeness (QED) is 0.122. The third-order valence-electron chi connectivity index (χ3n) is 11.0. The van der Waals surface area contributed by atoms with E-state index in [1.807, 2.05) is 27.7 Å². The van der Waals surface area contributed by atoms with E-state index in [0.29, 0.717) is 60.1 Å². The lowest BCUT2D eigenvalue weighted by Crippen LogP contribution is -2.51. The second kappa shape index (κ2) is 16.3. The van der Waals surface area contributed by atoms with Gasteiger partial charge in [0.15, 0.2) is 0 Å². The van der Waals surface area contributed by atoms with Crippen LogP contribution in [0, 0.1) is 17.7 Å². The van der Waals surface area contributed by atoms with Gasteiger partial charge >= 0.3 is 12.2 Å². The van der Waals surface area contributed by atoms with Gasteiger partial charge in [-0.2, -0.15) is 0 Å². The number of ether oxygens (including phenoxy) is 2. The molecule has 0 spiro atoms. The maximum atomic E-state index is 15.9. The van der Waals surface area contributed by atoms with Crippen molar-refractivity contribution in [1.29, 1.82) is 0 Å². The number of imidazole rings is 2. The number of H-pyrrole nitrogens is 2. The maximum Gasteiger partial charge on any atom is 0.407 e. The lowest BCUT2D eigenvalue weighted by Gasteiger charge is -2.30. The van der Waals surface area contributed by atoms with E-state index in [1.54, 1.807) is 34.2 Å². The second-order valence-corrected chi connectivity index (χ2v) is 15.4. The summed E-state index contributed by atoms with van der Waals surface area (Å²) in [7, 11) is 2.49. The summed E-state index contributed by atoms with van der Waals surface area (Å²) in [5.74, 6) is -0.476. The topological polar surface area (TPSA) is 205 Å². The normalized spacial score (nSPS) is 17.9. The van der Waals surface area contributed by atoms with E-state index in [9.17, 15) is 24.0 Å². The summed E-state index contributed by atoms with van der Waals surface area (Å²) < 4.78 is 31.5. The summed E-state index contributed by atoms with van der Waals surface area (Å²) in [6, 6.07) is 5.41. The summed E-state index contributed by atoms with van der Waals surface area (Å²) in [4.78, 5) is 84.0. The van der Waals surface area contributed by atoms with Gasteiger partial charge in [0.2, 0.25) is 17.2 Å². The van der Waals surface area contributed by atoms with Crippen molar-refractivity contribution in [3.63, 3.8) is 0 Å². The smallest absolute Gasteiger partial charge is 0.407 e. The summed E-state index contributed by atoms with van der Waals surface area (Å²) in [5.41, 5.74) is 1.80. The summed E-state index contributed by atoms with van der Waals surface area (Å²) in [5, 5.41) is 5.58. The van der Waals surface area contributed by atoms with Gasteiger partial charge in [-0.3, -0.25) is 14.4 Å². The number of rotatable bonds is 10. The number of aromatic nitrogens is 4.